The van der Waals surface area contributed by atoms with E-state index >= 15 is 0 Å². The first-order chi connectivity index (χ1) is 9.20. The summed E-state index contributed by atoms with van der Waals surface area (Å²) in [5, 5.41) is 3.12. The van der Waals surface area contributed by atoms with Crippen LogP contribution in [0.25, 0.3) is 11.3 Å². The Morgan fingerprint density at radius 3 is 3.00 bits per heavy atom. The lowest BCUT2D eigenvalue weighted by molar-refractivity contribution is 0.198. The molecule has 4 nitrogen and oxygen atoms in total. The number of hydrogen-bond donors (Lipinski definition) is 1. The maximum atomic E-state index is 13.8. The summed E-state index contributed by atoms with van der Waals surface area (Å²) >= 11 is 0. The first kappa shape index (κ1) is 13.7. The molecule has 19 heavy (non-hydrogen) atoms. The molecule has 1 aromatic carbocycles. The van der Waals surface area contributed by atoms with Crippen LogP contribution in [-0.2, 0) is 11.3 Å². The lowest BCUT2D eigenvalue weighted by Gasteiger charge is -2.01. The van der Waals surface area contributed by atoms with Crippen LogP contribution in [0.15, 0.2) is 28.8 Å². The second-order valence-electron chi connectivity index (χ2n) is 4.27. The summed E-state index contributed by atoms with van der Waals surface area (Å²) in [6, 6.07) is 5.03. The minimum Gasteiger partial charge on any atom is -0.439 e. The van der Waals surface area contributed by atoms with E-state index in [0.29, 0.717) is 36.9 Å². The van der Waals surface area contributed by atoms with Crippen molar-refractivity contribution in [2.24, 2.45) is 0 Å². The number of methoxy groups -OCH3 is 1. The smallest absolute Gasteiger partial charge is 0.208 e. The Morgan fingerprint density at radius 1 is 1.42 bits per heavy atom. The van der Waals surface area contributed by atoms with Crippen LogP contribution in [0.1, 0.15) is 11.5 Å². The van der Waals surface area contributed by atoms with E-state index in [9.17, 15) is 4.39 Å². The Morgan fingerprint density at radius 2 is 2.26 bits per heavy atom. The molecule has 0 bridgehead atoms. The van der Waals surface area contributed by atoms with E-state index in [4.69, 9.17) is 9.15 Å². The number of benzene rings is 1. The van der Waals surface area contributed by atoms with Gasteiger partial charge in [-0.25, -0.2) is 9.37 Å². The number of hydrogen-bond acceptors (Lipinski definition) is 4. The molecule has 0 aliphatic heterocycles. The fraction of sp³-hybridized carbons (Fsp3) is 0.357. The molecule has 0 spiro atoms. The topological polar surface area (TPSA) is 47.3 Å². The number of nitrogens with zero attached hydrogens (tertiary/aromatic N) is 1. The number of aromatic nitrogens is 1. The highest BCUT2D eigenvalue weighted by molar-refractivity contribution is 5.57. The predicted octanol–water partition coefficient (Wildman–Crippen LogP) is 2.53. The molecular weight excluding hydrogens is 247 g/mol. The number of nitrogens with one attached hydrogen (secondary N) is 1. The van der Waals surface area contributed by atoms with Crippen molar-refractivity contribution in [3.63, 3.8) is 0 Å². The lowest BCUT2D eigenvalue weighted by Crippen LogP contribution is -2.18. The number of rotatable bonds is 6. The van der Waals surface area contributed by atoms with E-state index in [2.05, 4.69) is 10.3 Å². The molecular formula is C14H17FN2O2. The molecule has 0 amide bonds. The summed E-state index contributed by atoms with van der Waals surface area (Å²) in [7, 11) is 1.64. The van der Waals surface area contributed by atoms with Crippen molar-refractivity contribution in [2.75, 3.05) is 20.3 Å². The average Bonchev–Trinajstić information content (AvgIpc) is 2.83. The molecule has 0 aliphatic rings. The molecule has 1 N–H and O–H groups in total. The SMILES string of the molecule is COCCNCc1ncc(-c2ccc(C)cc2F)o1. The standard InChI is InChI=1S/C14H17FN2O2/c1-10-3-4-11(12(15)7-10)13-8-17-14(19-13)9-16-5-6-18-2/h3-4,7-8,16H,5-6,9H2,1-2H3. The highest BCUT2D eigenvalue weighted by Crippen LogP contribution is 2.24. The Hall–Kier alpha value is -1.72. The fourth-order valence-corrected chi connectivity index (χ4v) is 1.71. The summed E-state index contributed by atoms with van der Waals surface area (Å²) in [4.78, 5) is 4.12. The van der Waals surface area contributed by atoms with Gasteiger partial charge in [0.2, 0.25) is 5.89 Å². The summed E-state index contributed by atoms with van der Waals surface area (Å²) in [5.41, 5.74) is 1.31. The van der Waals surface area contributed by atoms with Crippen molar-refractivity contribution < 1.29 is 13.5 Å². The predicted molar refractivity (Wildman–Crippen MR) is 70.2 cm³/mol. The molecule has 0 saturated carbocycles. The summed E-state index contributed by atoms with van der Waals surface area (Å²) < 4.78 is 24.2. The zero-order valence-corrected chi connectivity index (χ0v) is 11.1. The van der Waals surface area contributed by atoms with E-state index in [1.165, 1.54) is 6.07 Å². The van der Waals surface area contributed by atoms with Gasteiger partial charge in [0.05, 0.1) is 24.9 Å². The minimum absolute atomic E-state index is 0.296. The van der Waals surface area contributed by atoms with Crippen LogP contribution in [-0.4, -0.2) is 25.2 Å². The van der Waals surface area contributed by atoms with E-state index in [-0.39, 0.29) is 5.82 Å². The maximum absolute atomic E-state index is 13.8. The molecule has 1 heterocycles. The molecule has 102 valence electrons. The largest absolute Gasteiger partial charge is 0.439 e. The molecule has 0 atom stereocenters. The van der Waals surface area contributed by atoms with Crippen LogP contribution in [0.5, 0.6) is 0 Å². The third kappa shape index (κ3) is 3.62. The second kappa shape index (κ2) is 6.45. The van der Waals surface area contributed by atoms with Crippen molar-refractivity contribution in [1.82, 2.24) is 10.3 Å². The first-order valence-corrected chi connectivity index (χ1v) is 6.11. The number of aryl methyl sites for hydroxylation is 1. The summed E-state index contributed by atoms with van der Waals surface area (Å²) in [6.45, 7) is 3.68. The van der Waals surface area contributed by atoms with E-state index in [1.807, 2.05) is 13.0 Å². The van der Waals surface area contributed by atoms with Gasteiger partial charge in [0.25, 0.3) is 0 Å². The number of oxazole rings is 1. The van der Waals surface area contributed by atoms with Crippen LogP contribution < -0.4 is 5.32 Å². The van der Waals surface area contributed by atoms with Gasteiger partial charge >= 0.3 is 0 Å². The highest BCUT2D eigenvalue weighted by atomic mass is 19.1. The Bertz CT molecular complexity index is 540. The van der Waals surface area contributed by atoms with Gasteiger partial charge in [-0.2, -0.15) is 0 Å². The van der Waals surface area contributed by atoms with Gasteiger partial charge in [-0.15, -0.1) is 0 Å². The van der Waals surface area contributed by atoms with Gasteiger partial charge < -0.3 is 14.5 Å². The molecule has 0 unspecified atom stereocenters. The van der Waals surface area contributed by atoms with Crippen LogP contribution in [0.2, 0.25) is 0 Å². The van der Waals surface area contributed by atoms with Crippen LogP contribution >= 0.6 is 0 Å². The monoisotopic (exact) mass is 264 g/mol. The molecule has 0 fully saturated rings. The van der Waals surface area contributed by atoms with Crippen molar-refractivity contribution in [3.8, 4) is 11.3 Å². The Kier molecular flexibility index (Phi) is 4.65. The number of halogens is 1. The summed E-state index contributed by atoms with van der Waals surface area (Å²) in [5.74, 6) is 0.683. The van der Waals surface area contributed by atoms with Gasteiger partial charge in [0.1, 0.15) is 5.82 Å². The lowest BCUT2D eigenvalue weighted by atomic mass is 10.1. The van der Waals surface area contributed by atoms with Gasteiger partial charge in [0, 0.05) is 13.7 Å². The van der Waals surface area contributed by atoms with E-state index in [0.717, 1.165) is 5.56 Å². The first-order valence-electron chi connectivity index (χ1n) is 6.11. The van der Waals surface area contributed by atoms with Crippen molar-refractivity contribution in [3.05, 3.63) is 41.7 Å². The molecule has 5 heteroatoms. The summed E-state index contributed by atoms with van der Waals surface area (Å²) in [6.07, 6.45) is 1.54. The van der Waals surface area contributed by atoms with Crippen LogP contribution in [0, 0.1) is 12.7 Å². The van der Waals surface area contributed by atoms with Gasteiger partial charge in [-0.3, -0.25) is 0 Å². The molecule has 0 aliphatic carbocycles. The Balaban J connectivity index is 2.04. The zero-order valence-electron chi connectivity index (χ0n) is 11.1. The van der Waals surface area contributed by atoms with Crippen molar-refractivity contribution in [1.29, 1.82) is 0 Å². The maximum Gasteiger partial charge on any atom is 0.208 e. The zero-order chi connectivity index (χ0) is 13.7. The second-order valence-corrected chi connectivity index (χ2v) is 4.27. The van der Waals surface area contributed by atoms with Crippen LogP contribution in [0.3, 0.4) is 0 Å². The molecule has 2 rings (SSSR count). The van der Waals surface area contributed by atoms with E-state index in [1.54, 1.807) is 19.4 Å². The molecule has 0 radical (unpaired) electrons. The highest BCUT2D eigenvalue weighted by Gasteiger charge is 2.10. The van der Waals surface area contributed by atoms with Crippen molar-refractivity contribution in [2.45, 2.75) is 13.5 Å². The third-order valence-electron chi connectivity index (χ3n) is 2.70. The molecule has 0 saturated heterocycles. The van der Waals surface area contributed by atoms with Crippen LogP contribution in [0.4, 0.5) is 4.39 Å². The average molecular weight is 264 g/mol. The fourth-order valence-electron chi connectivity index (χ4n) is 1.71. The van der Waals surface area contributed by atoms with Crippen molar-refractivity contribution >= 4 is 0 Å². The van der Waals surface area contributed by atoms with Gasteiger partial charge in [-0.05, 0) is 24.6 Å². The quantitative estimate of drug-likeness (QED) is 0.814. The molecule has 2 aromatic rings. The van der Waals surface area contributed by atoms with Gasteiger partial charge in [-0.1, -0.05) is 6.07 Å². The van der Waals surface area contributed by atoms with Gasteiger partial charge in [0.15, 0.2) is 5.76 Å². The number of ether oxygens (including phenoxy) is 1. The normalized spacial score (nSPS) is 10.9. The molecule has 1 aromatic heterocycles. The Labute approximate surface area is 111 Å². The third-order valence-corrected chi connectivity index (χ3v) is 2.70. The van der Waals surface area contributed by atoms with E-state index < -0.39 is 0 Å². The minimum atomic E-state index is -0.296.